The lowest BCUT2D eigenvalue weighted by Crippen LogP contribution is -2.19. The van der Waals surface area contributed by atoms with Gasteiger partial charge >= 0.3 is 6.09 Å². The number of nitrogens with zero attached hydrogens (tertiary/aromatic N) is 4. The first-order chi connectivity index (χ1) is 17.2. The summed E-state index contributed by atoms with van der Waals surface area (Å²) in [7, 11) is 1.72. The maximum Gasteiger partial charge on any atom is 0.417 e. The van der Waals surface area contributed by atoms with E-state index >= 15 is 0 Å². The highest BCUT2D eigenvalue weighted by Gasteiger charge is 2.21. The minimum atomic E-state index is -0.739. The number of carbonyl (C=O) groups excluding carboxylic acids is 2. The quantitative estimate of drug-likeness (QED) is 0.352. The predicted octanol–water partition coefficient (Wildman–Crippen LogP) is 5.07. The average Bonchev–Trinajstić information content (AvgIpc) is 3.48. The van der Waals surface area contributed by atoms with E-state index in [0.717, 1.165) is 10.9 Å². The topological polar surface area (TPSA) is 100 Å². The molecule has 9 heteroatoms. The van der Waals surface area contributed by atoms with Crippen molar-refractivity contribution in [3.63, 3.8) is 0 Å². The van der Waals surface area contributed by atoms with Crippen molar-refractivity contribution in [2.45, 2.75) is 26.8 Å². The molecule has 3 aromatic heterocycles. The largest absolute Gasteiger partial charge is 0.417 e. The lowest BCUT2D eigenvalue weighted by atomic mass is 10.1. The molecule has 5 aromatic rings. The number of aryl methyl sites for hydroxylation is 1. The summed E-state index contributed by atoms with van der Waals surface area (Å²) in [6, 6.07) is 14.1. The molecule has 1 N–H and O–H groups in total. The second-order valence-electron chi connectivity index (χ2n) is 8.89. The molecule has 0 spiro atoms. The fourth-order valence-corrected chi connectivity index (χ4v) is 4.29. The number of nitrogens with one attached hydrogen (secondary N) is 1. The van der Waals surface area contributed by atoms with E-state index in [2.05, 4.69) is 10.4 Å². The van der Waals surface area contributed by atoms with Gasteiger partial charge in [-0.3, -0.25) is 19.6 Å². The van der Waals surface area contributed by atoms with E-state index in [9.17, 15) is 14.4 Å². The Kier molecular flexibility index (Phi) is 5.68. The van der Waals surface area contributed by atoms with Gasteiger partial charge in [0.2, 0.25) is 0 Å². The van der Waals surface area contributed by atoms with Crippen molar-refractivity contribution in [3.8, 4) is 11.4 Å². The fraction of sp³-hybridized carbons (Fsp3) is 0.185. The molecule has 0 bridgehead atoms. The Morgan fingerprint density at radius 3 is 2.56 bits per heavy atom. The first kappa shape index (κ1) is 23.1. The van der Waals surface area contributed by atoms with Crippen LogP contribution in [0.4, 0.5) is 10.5 Å². The van der Waals surface area contributed by atoms with Crippen molar-refractivity contribution >= 4 is 39.4 Å². The third-order valence-corrected chi connectivity index (χ3v) is 6.13. The molecule has 9 nitrogen and oxygen atoms in total. The monoisotopic (exact) mass is 483 g/mol. The van der Waals surface area contributed by atoms with Crippen molar-refractivity contribution < 1.29 is 14.3 Å². The van der Waals surface area contributed by atoms with Crippen LogP contribution in [0.15, 0.2) is 71.9 Å². The van der Waals surface area contributed by atoms with Gasteiger partial charge in [0.15, 0.2) is 5.78 Å². The number of para-hydroxylation sites is 1. The minimum Gasteiger partial charge on any atom is -0.410 e. The number of aromatic nitrogens is 4. The Balaban J connectivity index is 1.65. The summed E-state index contributed by atoms with van der Waals surface area (Å²) in [5, 5.41) is 8.61. The summed E-state index contributed by atoms with van der Waals surface area (Å²) in [5.41, 5.74) is 2.48. The molecule has 5 rings (SSSR count). The van der Waals surface area contributed by atoms with E-state index in [-0.39, 0.29) is 23.1 Å². The van der Waals surface area contributed by atoms with Crippen LogP contribution in [-0.4, -0.2) is 30.8 Å². The average molecular weight is 484 g/mol. The molecule has 36 heavy (non-hydrogen) atoms. The van der Waals surface area contributed by atoms with E-state index in [1.165, 1.54) is 13.0 Å². The number of benzene rings is 2. The summed E-state index contributed by atoms with van der Waals surface area (Å²) in [5.74, 6) is 0.108. The van der Waals surface area contributed by atoms with Crippen LogP contribution in [0.1, 0.15) is 37.2 Å². The number of fused-ring (bicyclic) bond motifs is 3. The Labute approximate surface area is 206 Å². The zero-order chi connectivity index (χ0) is 25.6. The van der Waals surface area contributed by atoms with E-state index in [1.54, 1.807) is 51.5 Å². The van der Waals surface area contributed by atoms with Crippen LogP contribution in [0.3, 0.4) is 0 Å². The lowest BCUT2D eigenvalue weighted by Gasteiger charge is -2.10. The zero-order valence-corrected chi connectivity index (χ0v) is 20.4. The number of anilines is 1. The van der Waals surface area contributed by atoms with Crippen molar-refractivity contribution in [3.05, 3.63) is 83.0 Å². The molecule has 1 amide bonds. The number of Topliss-reactive ketones (excluding diaryl/α,β-unsaturated/α-hetero) is 1. The van der Waals surface area contributed by atoms with Crippen molar-refractivity contribution in [2.75, 3.05) is 5.32 Å². The molecule has 2 aromatic carbocycles. The number of hydrogen-bond donors (Lipinski definition) is 1. The summed E-state index contributed by atoms with van der Waals surface area (Å²) >= 11 is 0. The van der Waals surface area contributed by atoms with Gasteiger partial charge in [0.25, 0.3) is 5.56 Å². The van der Waals surface area contributed by atoms with Gasteiger partial charge in [-0.15, -0.1) is 0 Å². The second kappa shape index (κ2) is 8.84. The van der Waals surface area contributed by atoms with E-state index in [4.69, 9.17) is 4.74 Å². The molecule has 0 aliphatic rings. The number of pyridine rings is 1. The maximum atomic E-state index is 13.5. The Morgan fingerprint density at radius 2 is 1.83 bits per heavy atom. The summed E-state index contributed by atoms with van der Waals surface area (Å²) in [6.07, 6.45) is 4.50. The summed E-state index contributed by atoms with van der Waals surface area (Å²) in [4.78, 5) is 38.1. The van der Waals surface area contributed by atoms with Crippen molar-refractivity contribution in [1.29, 1.82) is 0 Å². The standard InChI is InChI=1S/C27H25N5O4/c1-16(2)32-14-19(13-28-32)31-15-22(29-27(35)36-20-9-7-8-18(12-20)17(3)33)24-21-10-5-6-11-23(21)30(4)26(34)25(24)31/h5-16H,1-4H3,(H,29,35). The normalized spacial score (nSPS) is 11.4. The molecule has 0 fully saturated rings. The number of carbonyl (C=O) groups is 2. The van der Waals surface area contributed by atoms with Gasteiger partial charge in [0, 0.05) is 41.8 Å². The van der Waals surface area contributed by atoms with Crippen LogP contribution in [0.2, 0.25) is 0 Å². The van der Waals surface area contributed by atoms with Gasteiger partial charge in [0.1, 0.15) is 11.3 Å². The second-order valence-corrected chi connectivity index (χ2v) is 8.89. The van der Waals surface area contributed by atoms with E-state index < -0.39 is 6.09 Å². The van der Waals surface area contributed by atoms with Gasteiger partial charge in [-0.1, -0.05) is 30.3 Å². The van der Waals surface area contributed by atoms with Crippen LogP contribution >= 0.6 is 0 Å². The van der Waals surface area contributed by atoms with Crippen LogP contribution in [-0.2, 0) is 7.05 Å². The molecule has 3 heterocycles. The molecular weight excluding hydrogens is 458 g/mol. The van der Waals surface area contributed by atoms with Gasteiger partial charge in [-0.05, 0) is 39.0 Å². The first-order valence-electron chi connectivity index (χ1n) is 11.5. The maximum absolute atomic E-state index is 13.5. The molecule has 182 valence electrons. The van der Waals surface area contributed by atoms with E-state index in [0.29, 0.717) is 27.8 Å². The molecule has 0 unspecified atom stereocenters. The van der Waals surface area contributed by atoms with Crippen LogP contribution in [0.5, 0.6) is 5.75 Å². The van der Waals surface area contributed by atoms with Gasteiger partial charge in [0.05, 0.1) is 23.1 Å². The summed E-state index contributed by atoms with van der Waals surface area (Å²) < 4.78 is 10.6. The molecule has 0 saturated carbocycles. The number of amides is 1. The number of ether oxygens (including phenoxy) is 1. The predicted molar refractivity (Wildman–Crippen MR) is 138 cm³/mol. The van der Waals surface area contributed by atoms with Crippen molar-refractivity contribution in [1.82, 2.24) is 18.9 Å². The number of rotatable bonds is 5. The van der Waals surface area contributed by atoms with Crippen LogP contribution in [0, 0.1) is 0 Å². The Morgan fingerprint density at radius 1 is 1.06 bits per heavy atom. The fourth-order valence-electron chi connectivity index (χ4n) is 4.29. The third kappa shape index (κ3) is 3.94. The number of ketones is 1. The van der Waals surface area contributed by atoms with E-state index in [1.807, 2.05) is 44.3 Å². The highest BCUT2D eigenvalue weighted by molar-refractivity contribution is 6.14. The molecule has 0 saturated heterocycles. The van der Waals surface area contributed by atoms with Gasteiger partial charge < -0.3 is 13.9 Å². The first-order valence-corrected chi connectivity index (χ1v) is 11.5. The lowest BCUT2D eigenvalue weighted by molar-refractivity contribution is 0.101. The molecule has 0 aliphatic carbocycles. The van der Waals surface area contributed by atoms with Crippen LogP contribution in [0.25, 0.3) is 27.5 Å². The Bertz CT molecular complexity index is 1710. The van der Waals surface area contributed by atoms with Gasteiger partial charge in [-0.2, -0.15) is 5.10 Å². The highest BCUT2D eigenvalue weighted by atomic mass is 16.6. The molecule has 0 atom stereocenters. The smallest absolute Gasteiger partial charge is 0.410 e. The van der Waals surface area contributed by atoms with Gasteiger partial charge in [-0.25, -0.2) is 4.79 Å². The Hall–Kier alpha value is -4.66. The summed E-state index contributed by atoms with van der Waals surface area (Å²) in [6.45, 7) is 5.48. The van der Waals surface area contributed by atoms with Crippen molar-refractivity contribution in [2.24, 2.45) is 7.05 Å². The zero-order valence-electron chi connectivity index (χ0n) is 20.4. The number of hydrogen-bond acceptors (Lipinski definition) is 5. The molecular formula is C27H25N5O4. The highest BCUT2D eigenvalue weighted by Crippen LogP contribution is 2.33. The SMILES string of the molecule is CC(=O)c1cccc(OC(=O)Nc2cn(-c3cnn(C(C)C)c3)c3c(=O)n(C)c4ccccc4c23)c1. The third-order valence-electron chi connectivity index (χ3n) is 6.13. The molecule has 0 aliphatic heterocycles. The minimum absolute atomic E-state index is 0.131. The molecule has 0 radical (unpaired) electrons. The van der Waals surface area contributed by atoms with Crippen LogP contribution < -0.4 is 15.6 Å².